The lowest BCUT2D eigenvalue weighted by Gasteiger charge is -2.52. The molecule has 6 aliphatic heterocycles. The minimum absolute atomic E-state index is 0.0169. The van der Waals surface area contributed by atoms with Gasteiger partial charge in [-0.05, 0) is 123 Å². The Labute approximate surface area is 400 Å². The topological polar surface area (TPSA) is 220 Å². The molecule has 0 radical (unpaired) electrons. The molecule has 15 nitrogen and oxygen atoms in total. The number of carbonyl (C=O) groups excluding carboxylic acids is 1. The fourth-order valence-electron chi connectivity index (χ4n) is 13.0. The summed E-state index contributed by atoms with van der Waals surface area (Å²) in [6, 6.07) is 0. The van der Waals surface area contributed by atoms with Gasteiger partial charge in [0.2, 0.25) is 5.79 Å². The fourth-order valence-corrected chi connectivity index (χ4v) is 13.0. The summed E-state index contributed by atoms with van der Waals surface area (Å²) in [6.07, 6.45) is 2.26. The molecule has 0 aromatic heterocycles. The lowest BCUT2D eigenvalue weighted by atomic mass is 9.76. The van der Waals surface area contributed by atoms with E-state index in [4.69, 9.17) is 33.2 Å². The van der Waals surface area contributed by atoms with E-state index in [2.05, 4.69) is 0 Å². The smallest absolute Gasteiger partial charge is 0.308 e. The average molecular weight is 955 g/mol. The van der Waals surface area contributed by atoms with Crippen molar-refractivity contribution >= 4 is 11.9 Å². The van der Waals surface area contributed by atoms with Crippen LogP contribution in [0.25, 0.3) is 0 Å². The van der Waals surface area contributed by atoms with E-state index in [0.717, 1.165) is 12.8 Å². The van der Waals surface area contributed by atoms with Crippen LogP contribution < -0.4 is 0 Å². The minimum Gasteiger partial charge on any atom is -0.481 e. The van der Waals surface area contributed by atoms with Crippen molar-refractivity contribution in [3.8, 4) is 0 Å². The molecular formula is C52H90O15. The third-order valence-electron chi connectivity index (χ3n) is 17.9. The Morgan fingerprint density at radius 3 is 2.15 bits per heavy atom. The highest BCUT2D eigenvalue weighted by molar-refractivity contribution is 5.70. The summed E-state index contributed by atoms with van der Waals surface area (Å²) in [7, 11) is 0. The number of esters is 1. The Balaban J connectivity index is 1.18. The van der Waals surface area contributed by atoms with Crippen LogP contribution in [0.2, 0.25) is 0 Å². The predicted molar refractivity (Wildman–Crippen MR) is 248 cm³/mol. The number of aliphatic hydroxyl groups excluding tert-OH is 1. The van der Waals surface area contributed by atoms with Gasteiger partial charge < -0.3 is 63.8 Å². The molecule has 0 spiro atoms. The van der Waals surface area contributed by atoms with Crippen LogP contribution in [0.4, 0.5) is 0 Å². The lowest BCUT2D eigenvalue weighted by molar-refractivity contribution is -0.374. The molecule has 0 unspecified atom stereocenters. The predicted octanol–water partition coefficient (Wildman–Crippen LogP) is 7.17. The maximum absolute atomic E-state index is 13.6. The van der Waals surface area contributed by atoms with Crippen LogP contribution in [-0.2, 0) is 42.7 Å². The summed E-state index contributed by atoms with van der Waals surface area (Å²) in [5.74, 6) is -9.18. The van der Waals surface area contributed by atoms with Gasteiger partial charge in [0.15, 0.2) is 17.7 Å². The Bertz CT molecular complexity index is 1680. The van der Waals surface area contributed by atoms with Crippen LogP contribution in [0.15, 0.2) is 0 Å². The van der Waals surface area contributed by atoms with Crippen molar-refractivity contribution in [2.24, 2.45) is 41.4 Å². The summed E-state index contributed by atoms with van der Waals surface area (Å²) in [4.78, 5) is 25.4. The standard InChI is InChI=1S/C52H90O15/c1-13-15-16-43(54)63-45(39-21-24-49(12,64-39)52(60)33(7)27-48(11,67-52)42-22-23-47(10,57)41(14-2)62-42)51(59)32(6)25-30(4)40(66-51)28-50(58)31(5)18-20-38(65-50)34(8)37(53)26-36-19-17-29(3)44(61-36)35(9)46(55)56/h29-42,44-45,53,57-60H,13-28H2,1-12H3,(H,55,56)/t29-,30-,31-,32+,33+,34-,35+,36+,37+,38+,39-,40+,41-,42+,44-,45+,47+,48-,49-,50+,51+,52+/m0/s1. The molecule has 15 heteroatoms. The first-order valence-corrected chi connectivity index (χ1v) is 26.2. The van der Waals surface area contributed by atoms with Crippen LogP contribution in [0.5, 0.6) is 0 Å². The summed E-state index contributed by atoms with van der Waals surface area (Å²) < 4.78 is 46.1. The van der Waals surface area contributed by atoms with E-state index in [9.17, 15) is 40.2 Å². The van der Waals surface area contributed by atoms with E-state index < -0.39 is 94.6 Å². The fraction of sp³-hybridized carbons (Fsp3) is 0.962. The second-order valence-electron chi connectivity index (χ2n) is 23.3. The SMILES string of the molecule is CCCCC(=O)O[C@H]([C@@H]1CC[C@@](C)([C@]2(O)O[C@](C)([C@H]3CC[C@@](C)(O)[C@H](CC)O3)C[C@H]2C)O1)[C@]1(O)O[C@H](C[C@@]2(O)O[C@@H]([C@@H](C)[C@H](O)C[C@H]3CC[C@H](C)[C@@H]([C@@H](C)C(=O)O)O3)CC[C@@H]2C)[C@@H](C)C[C@H]1C. The van der Waals surface area contributed by atoms with Crippen molar-refractivity contribution in [1.29, 1.82) is 0 Å². The minimum atomic E-state index is -2.04. The van der Waals surface area contributed by atoms with Gasteiger partial charge in [-0.1, -0.05) is 61.8 Å². The third kappa shape index (κ3) is 11.1. The van der Waals surface area contributed by atoms with E-state index in [1.54, 1.807) is 13.8 Å². The van der Waals surface area contributed by atoms with Crippen LogP contribution in [0, 0.1) is 41.4 Å². The largest absolute Gasteiger partial charge is 0.481 e. The van der Waals surface area contributed by atoms with Crippen molar-refractivity contribution in [2.75, 3.05) is 0 Å². The second-order valence-corrected chi connectivity index (χ2v) is 23.3. The monoisotopic (exact) mass is 955 g/mol. The average Bonchev–Trinajstić information content (AvgIpc) is 3.78. The summed E-state index contributed by atoms with van der Waals surface area (Å²) in [5.41, 5.74) is -3.11. The molecule has 22 atom stereocenters. The Hall–Kier alpha value is -1.50. The van der Waals surface area contributed by atoms with E-state index in [-0.39, 0.29) is 60.7 Å². The first kappa shape index (κ1) is 54.8. The van der Waals surface area contributed by atoms with E-state index in [1.165, 1.54) is 0 Å². The molecule has 6 aliphatic rings. The zero-order valence-corrected chi connectivity index (χ0v) is 42.9. The number of hydrogen-bond donors (Lipinski definition) is 6. The van der Waals surface area contributed by atoms with Crippen LogP contribution in [-0.4, -0.2) is 132 Å². The van der Waals surface area contributed by atoms with Gasteiger partial charge in [-0.15, -0.1) is 0 Å². The number of carboxylic acid groups (broad SMARTS) is 1. The van der Waals surface area contributed by atoms with Gasteiger partial charge in [0.05, 0.1) is 59.8 Å². The normalized spacial score (nSPS) is 48.1. The van der Waals surface area contributed by atoms with Crippen LogP contribution >= 0.6 is 0 Å². The highest BCUT2D eigenvalue weighted by atomic mass is 16.7. The number of unbranched alkanes of at least 4 members (excludes halogenated alkanes) is 1. The molecule has 0 bridgehead atoms. The molecule has 6 heterocycles. The maximum atomic E-state index is 13.6. The number of carboxylic acids is 1. The molecule has 388 valence electrons. The number of aliphatic hydroxyl groups is 5. The molecule has 0 amide bonds. The molecule has 0 aliphatic carbocycles. The van der Waals surface area contributed by atoms with Crippen molar-refractivity contribution in [3.05, 3.63) is 0 Å². The van der Waals surface area contributed by atoms with Crippen molar-refractivity contribution in [2.45, 2.75) is 275 Å². The quantitative estimate of drug-likeness (QED) is 0.0796. The highest BCUT2D eigenvalue weighted by Crippen LogP contribution is 2.56. The van der Waals surface area contributed by atoms with Gasteiger partial charge in [0, 0.05) is 36.5 Å². The van der Waals surface area contributed by atoms with E-state index in [1.807, 2.05) is 69.2 Å². The van der Waals surface area contributed by atoms with Crippen molar-refractivity contribution < 1.29 is 73.4 Å². The molecule has 0 aromatic carbocycles. The summed E-state index contributed by atoms with van der Waals surface area (Å²) in [6.45, 7) is 22.9. The highest BCUT2D eigenvalue weighted by Gasteiger charge is 2.68. The van der Waals surface area contributed by atoms with Crippen molar-refractivity contribution in [1.82, 2.24) is 0 Å². The van der Waals surface area contributed by atoms with Gasteiger partial charge in [-0.3, -0.25) is 9.59 Å². The molecule has 6 N–H and O–H groups in total. The Morgan fingerprint density at radius 1 is 0.791 bits per heavy atom. The zero-order chi connectivity index (χ0) is 49.7. The number of rotatable bonds is 17. The molecule has 0 aromatic rings. The van der Waals surface area contributed by atoms with Crippen molar-refractivity contribution in [3.63, 3.8) is 0 Å². The van der Waals surface area contributed by atoms with Gasteiger partial charge >= 0.3 is 11.9 Å². The Kier molecular flexibility index (Phi) is 17.1. The van der Waals surface area contributed by atoms with Gasteiger partial charge in [-0.25, -0.2) is 0 Å². The van der Waals surface area contributed by atoms with Gasteiger partial charge in [0.25, 0.3) is 0 Å². The molecular weight excluding hydrogens is 865 g/mol. The first-order chi connectivity index (χ1) is 31.2. The lowest BCUT2D eigenvalue weighted by Crippen LogP contribution is -2.64. The molecule has 0 saturated carbocycles. The Morgan fingerprint density at radius 2 is 1.49 bits per heavy atom. The molecule has 6 saturated heterocycles. The van der Waals surface area contributed by atoms with Crippen LogP contribution in [0.3, 0.4) is 0 Å². The second kappa shape index (κ2) is 20.9. The molecule has 67 heavy (non-hydrogen) atoms. The summed E-state index contributed by atoms with van der Waals surface area (Å²) >= 11 is 0. The van der Waals surface area contributed by atoms with Crippen LogP contribution in [0.1, 0.15) is 186 Å². The first-order valence-electron chi connectivity index (χ1n) is 26.2. The number of carbonyl (C=O) groups is 2. The summed E-state index contributed by atoms with van der Waals surface area (Å²) in [5, 5.41) is 70.3. The van der Waals surface area contributed by atoms with E-state index >= 15 is 0 Å². The number of hydrogen-bond acceptors (Lipinski definition) is 14. The van der Waals surface area contributed by atoms with Gasteiger partial charge in [0.1, 0.15) is 11.7 Å². The third-order valence-corrected chi connectivity index (χ3v) is 17.9. The van der Waals surface area contributed by atoms with Gasteiger partial charge in [-0.2, -0.15) is 0 Å². The maximum Gasteiger partial charge on any atom is 0.308 e. The van der Waals surface area contributed by atoms with E-state index in [0.29, 0.717) is 77.0 Å². The molecule has 6 rings (SSSR count). The number of aliphatic carboxylic acids is 1. The number of ether oxygens (including phenoxy) is 7. The molecule has 6 fully saturated rings. The zero-order valence-electron chi connectivity index (χ0n) is 42.9.